The van der Waals surface area contributed by atoms with E-state index in [0.29, 0.717) is 6.92 Å². The average molecular weight is 634 g/mol. The molecule has 3 saturated heterocycles. The SMILES string of the molecule is CCC(C)(C)C(=O)OC1C(=O)OC2C3OC(CC(=O)OC(C)C(F)(F)F)(C(=O)OC(C(F)(F)F)C(F)(F)F)OC3OC12. The van der Waals surface area contributed by atoms with E-state index < -0.39 is 103 Å². The van der Waals surface area contributed by atoms with Gasteiger partial charge in [-0.05, 0) is 27.2 Å². The second-order valence-electron chi connectivity index (χ2n) is 10.1. The number of hydrogen-bond donors (Lipinski definition) is 0. The number of hydrogen-bond acceptors (Lipinski definition) is 11. The highest BCUT2D eigenvalue weighted by atomic mass is 19.4. The quantitative estimate of drug-likeness (QED) is 0.222. The molecule has 0 spiro atoms. The smallest absolute Gasteiger partial charge is 0.434 e. The first kappa shape index (κ1) is 33.6. The Kier molecular flexibility index (Phi) is 8.81. The van der Waals surface area contributed by atoms with Crippen molar-refractivity contribution in [2.24, 2.45) is 5.41 Å². The fraction of sp³-hybridized carbons (Fsp3) is 0.818. The maximum Gasteiger partial charge on any atom is 0.434 e. The summed E-state index contributed by atoms with van der Waals surface area (Å²) in [5.74, 6) is -10.3. The van der Waals surface area contributed by atoms with E-state index in [0.717, 1.165) is 0 Å². The van der Waals surface area contributed by atoms with E-state index in [1.165, 1.54) is 13.8 Å². The third kappa shape index (κ3) is 6.69. The van der Waals surface area contributed by atoms with Crippen molar-refractivity contribution in [3.05, 3.63) is 0 Å². The molecule has 3 fully saturated rings. The molecule has 3 aliphatic heterocycles. The van der Waals surface area contributed by atoms with E-state index in [1.807, 2.05) is 0 Å². The lowest BCUT2D eigenvalue weighted by molar-refractivity contribution is -0.324. The molecule has 0 aromatic rings. The lowest BCUT2D eigenvalue weighted by Crippen LogP contribution is -2.53. The minimum atomic E-state index is -6.24. The maximum atomic E-state index is 13.0. The zero-order valence-electron chi connectivity index (χ0n) is 21.8. The normalized spacial score (nSPS) is 30.4. The van der Waals surface area contributed by atoms with Crippen LogP contribution in [-0.4, -0.2) is 91.1 Å². The van der Waals surface area contributed by atoms with Crippen LogP contribution < -0.4 is 0 Å². The van der Waals surface area contributed by atoms with Gasteiger partial charge in [0, 0.05) is 0 Å². The van der Waals surface area contributed by atoms with Crippen molar-refractivity contribution in [2.75, 3.05) is 0 Å². The molecule has 0 N–H and O–H groups in total. The number of alkyl halides is 9. The molecular formula is C22H23F9O11. The number of esters is 4. The summed E-state index contributed by atoms with van der Waals surface area (Å²) in [7, 11) is 0. The van der Waals surface area contributed by atoms with Crippen LogP contribution in [0.25, 0.3) is 0 Å². The molecular weight excluding hydrogens is 611 g/mol. The topological polar surface area (TPSA) is 133 Å². The summed E-state index contributed by atoms with van der Waals surface area (Å²) in [5.41, 5.74) is -1.08. The van der Waals surface area contributed by atoms with Gasteiger partial charge in [-0.15, -0.1) is 0 Å². The van der Waals surface area contributed by atoms with Gasteiger partial charge in [0.15, 0.2) is 24.6 Å². The zero-order chi connectivity index (χ0) is 32.2. The van der Waals surface area contributed by atoms with Gasteiger partial charge in [-0.25, -0.2) is 9.59 Å². The number of carbonyl (C=O) groups is 4. The van der Waals surface area contributed by atoms with Crippen LogP contribution in [0.5, 0.6) is 0 Å². The average Bonchev–Trinajstić information content (AvgIpc) is 3.43. The highest BCUT2D eigenvalue weighted by Gasteiger charge is 2.70. The second kappa shape index (κ2) is 11.0. The Hall–Kier alpha value is -2.87. The molecule has 240 valence electrons. The van der Waals surface area contributed by atoms with E-state index in [2.05, 4.69) is 9.47 Å². The Morgan fingerprint density at radius 1 is 0.881 bits per heavy atom. The highest BCUT2D eigenvalue weighted by molar-refractivity contribution is 5.86. The third-order valence-electron chi connectivity index (χ3n) is 6.57. The molecule has 3 rings (SSSR count). The first-order valence-corrected chi connectivity index (χ1v) is 12.0. The van der Waals surface area contributed by atoms with Crippen molar-refractivity contribution in [3.8, 4) is 0 Å². The molecule has 0 aliphatic carbocycles. The van der Waals surface area contributed by atoms with Gasteiger partial charge >= 0.3 is 42.4 Å². The van der Waals surface area contributed by atoms with E-state index in [1.54, 1.807) is 6.92 Å². The zero-order valence-corrected chi connectivity index (χ0v) is 21.8. The van der Waals surface area contributed by atoms with Crippen molar-refractivity contribution in [1.29, 1.82) is 0 Å². The molecule has 0 radical (unpaired) electrons. The Balaban J connectivity index is 1.88. The molecule has 3 heterocycles. The summed E-state index contributed by atoms with van der Waals surface area (Å²) in [6, 6.07) is 0. The van der Waals surface area contributed by atoms with E-state index in [9.17, 15) is 58.7 Å². The number of rotatable bonds is 8. The van der Waals surface area contributed by atoms with Gasteiger partial charge in [0.25, 0.3) is 11.9 Å². The molecule has 0 amide bonds. The fourth-order valence-electron chi connectivity index (χ4n) is 3.82. The number of halogens is 9. The predicted octanol–water partition coefficient (Wildman–Crippen LogP) is 3.02. The highest BCUT2D eigenvalue weighted by Crippen LogP contribution is 2.47. The summed E-state index contributed by atoms with van der Waals surface area (Å²) >= 11 is 0. The minimum Gasteiger partial charge on any atom is -0.454 e. The minimum absolute atomic E-state index is 0.268. The number of fused-ring (bicyclic) bond motifs is 3. The van der Waals surface area contributed by atoms with Crippen LogP contribution in [0.1, 0.15) is 40.5 Å². The van der Waals surface area contributed by atoms with Crippen LogP contribution in [0, 0.1) is 5.41 Å². The summed E-state index contributed by atoms with van der Waals surface area (Å²) in [6.07, 6.45) is -35.6. The summed E-state index contributed by atoms with van der Waals surface area (Å²) in [5, 5.41) is 0. The van der Waals surface area contributed by atoms with Crippen LogP contribution in [0.2, 0.25) is 0 Å². The first-order valence-electron chi connectivity index (χ1n) is 12.0. The molecule has 0 aromatic heterocycles. The van der Waals surface area contributed by atoms with Crippen LogP contribution in [0.3, 0.4) is 0 Å². The monoisotopic (exact) mass is 634 g/mol. The third-order valence-corrected chi connectivity index (χ3v) is 6.57. The molecule has 0 aromatic carbocycles. The van der Waals surface area contributed by atoms with E-state index >= 15 is 0 Å². The largest absolute Gasteiger partial charge is 0.454 e. The molecule has 20 heteroatoms. The Morgan fingerprint density at radius 3 is 1.95 bits per heavy atom. The van der Waals surface area contributed by atoms with Gasteiger partial charge in [-0.2, -0.15) is 39.5 Å². The van der Waals surface area contributed by atoms with Crippen molar-refractivity contribution in [2.45, 2.75) is 108 Å². The maximum absolute atomic E-state index is 13.0. The molecule has 3 aliphatic rings. The van der Waals surface area contributed by atoms with Crippen LogP contribution in [-0.2, 0) is 52.3 Å². The lowest BCUT2D eigenvalue weighted by Gasteiger charge is -2.30. The standard InChI is InChI=1S/C22H23F9O11/c1-5-18(3,4)16(34)39-11-9-10(37-13(11)33)12-14(38-9)42-19(41-12,6-8(32)36-7(2)20(23,24)25)17(35)40-15(21(26,27)28)22(29,30)31/h7,9-12,14-15H,5-6H2,1-4H3. The second-order valence-corrected chi connectivity index (χ2v) is 10.1. The first-order chi connectivity index (χ1) is 18.9. The molecule has 7 unspecified atom stereocenters. The van der Waals surface area contributed by atoms with Gasteiger partial charge in [0.2, 0.25) is 6.10 Å². The summed E-state index contributed by atoms with van der Waals surface area (Å²) in [4.78, 5) is 49.7. The van der Waals surface area contributed by atoms with Crippen LogP contribution in [0.4, 0.5) is 39.5 Å². The van der Waals surface area contributed by atoms with Crippen molar-refractivity contribution in [1.82, 2.24) is 0 Å². The van der Waals surface area contributed by atoms with Gasteiger partial charge in [-0.3, -0.25) is 9.59 Å². The summed E-state index contributed by atoms with van der Waals surface area (Å²) < 4.78 is 150. The summed E-state index contributed by atoms with van der Waals surface area (Å²) in [6.45, 7) is 4.94. The van der Waals surface area contributed by atoms with Crippen molar-refractivity contribution >= 4 is 23.9 Å². The molecule has 42 heavy (non-hydrogen) atoms. The predicted molar refractivity (Wildman–Crippen MR) is 109 cm³/mol. The van der Waals surface area contributed by atoms with Gasteiger partial charge in [0.05, 0.1) is 5.41 Å². The lowest BCUT2D eigenvalue weighted by atomic mass is 9.90. The van der Waals surface area contributed by atoms with Crippen molar-refractivity contribution in [3.63, 3.8) is 0 Å². The number of ether oxygens (including phenoxy) is 7. The molecule has 0 bridgehead atoms. The van der Waals surface area contributed by atoms with Gasteiger partial charge in [-0.1, -0.05) is 6.92 Å². The molecule has 0 saturated carbocycles. The number of carbonyl (C=O) groups excluding carboxylic acids is 4. The molecule has 11 nitrogen and oxygen atoms in total. The van der Waals surface area contributed by atoms with Gasteiger partial charge in [0.1, 0.15) is 12.5 Å². The van der Waals surface area contributed by atoms with E-state index in [-0.39, 0.29) is 6.42 Å². The van der Waals surface area contributed by atoms with Crippen LogP contribution in [0.15, 0.2) is 0 Å². The van der Waals surface area contributed by atoms with Crippen LogP contribution >= 0.6 is 0 Å². The fourth-order valence-corrected chi connectivity index (χ4v) is 3.82. The van der Waals surface area contributed by atoms with Gasteiger partial charge < -0.3 is 33.2 Å². The van der Waals surface area contributed by atoms with E-state index in [4.69, 9.17) is 23.7 Å². The Labute approximate surface area is 229 Å². The van der Waals surface area contributed by atoms with Crippen molar-refractivity contribution < 1.29 is 91.8 Å². The Bertz CT molecular complexity index is 1070. The Morgan fingerprint density at radius 2 is 1.45 bits per heavy atom. The molecule has 7 atom stereocenters.